The minimum atomic E-state index is 0.284. The maximum Gasteiger partial charge on any atom is 0.111 e. The normalized spacial score (nSPS) is 18.2. The fourth-order valence-electron chi connectivity index (χ4n) is 0.633. The van der Waals surface area contributed by atoms with Crippen molar-refractivity contribution in [1.82, 2.24) is 0 Å². The summed E-state index contributed by atoms with van der Waals surface area (Å²) in [4.78, 5) is 0. The fourth-order valence-corrected chi connectivity index (χ4v) is 0.633. The summed E-state index contributed by atoms with van der Waals surface area (Å²) in [5, 5.41) is 8.89. The Bertz CT molecular complexity index is 169. The third-order valence-corrected chi connectivity index (χ3v) is 1.13. The van der Waals surface area contributed by atoms with Crippen LogP contribution in [-0.2, 0) is 0 Å². The smallest absolute Gasteiger partial charge is 0.111 e. The van der Waals surface area contributed by atoms with Crippen LogP contribution in [0.25, 0.3) is 0 Å². The first-order valence-electron chi connectivity index (χ1n) is 2.82. The van der Waals surface area contributed by atoms with Crippen molar-refractivity contribution in [3.63, 3.8) is 0 Å². The molecule has 0 saturated carbocycles. The lowest BCUT2D eigenvalue weighted by atomic mass is 10.3. The van der Waals surface area contributed by atoms with E-state index in [0.29, 0.717) is 12.1 Å². The van der Waals surface area contributed by atoms with Crippen LogP contribution in [0, 0.1) is 0 Å². The molecule has 2 heteroatoms. The highest BCUT2D eigenvalue weighted by Gasteiger charge is 1.90. The molecule has 0 radical (unpaired) electrons. The molecule has 1 aliphatic rings. The van der Waals surface area contributed by atoms with Gasteiger partial charge in [-0.25, -0.2) is 0 Å². The third-order valence-electron chi connectivity index (χ3n) is 1.13. The molecule has 0 aliphatic heterocycles. The molecule has 2 nitrogen and oxygen atoms in total. The van der Waals surface area contributed by atoms with Gasteiger partial charge in [0.05, 0.1) is 0 Å². The number of hydrogen-bond donors (Lipinski definition) is 2. The summed E-state index contributed by atoms with van der Waals surface area (Å²) in [6.07, 6.45) is 7.53. The van der Waals surface area contributed by atoms with E-state index in [1.54, 1.807) is 18.2 Å². The minimum absolute atomic E-state index is 0.284. The summed E-state index contributed by atoms with van der Waals surface area (Å²) >= 11 is 0. The molecule has 3 N–H and O–H groups in total. The van der Waals surface area contributed by atoms with Crippen LogP contribution < -0.4 is 5.73 Å². The number of aliphatic hydroxyl groups is 1. The summed E-state index contributed by atoms with van der Waals surface area (Å²) < 4.78 is 0. The molecule has 0 heterocycles. The highest BCUT2D eigenvalue weighted by atomic mass is 16.3. The fraction of sp³-hybridized carbons (Fsp3) is 0.143. The van der Waals surface area contributed by atoms with Gasteiger partial charge in [-0.2, -0.15) is 0 Å². The predicted molar refractivity (Wildman–Crippen MR) is 36.7 cm³/mol. The van der Waals surface area contributed by atoms with Crippen molar-refractivity contribution in [3.05, 3.63) is 35.8 Å². The van der Waals surface area contributed by atoms with E-state index in [-0.39, 0.29) is 5.76 Å². The number of allylic oxidation sites excluding steroid dienone is 4. The van der Waals surface area contributed by atoms with Gasteiger partial charge in [-0.3, -0.25) is 0 Å². The Morgan fingerprint density at radius 1 is 1.33 bits per heavy atom. The Hall–Kier alpha value is -1.18. The van der Waals surface area contributed by atoms with Crippen LogP contribution in [0.2, 0.25) is 0 Å². The lowest BCUT2D eigenvalue weighted by molar-refractivity contribution is 0.431. The van der Waals surface area contributed by atoms with Gasteiger partial charge in [-0.15, -0.1) is 0 Å². The first kappa shape index (κ1) is 5.95. The van der Waals surface area contributed by atoms with Gasteiger partial charge < -0.3 is 10.8 Å². The topological polar surface area (TPSA) is 46.2 Å². The Labute approximate surface area is 54.0 Å². The number of aliphatic hydroxyl groups excluding tert-OH is 1. The Kier molecular flexibility index (Phi) is 1.58. The third kappa shape index (κ3) is 1.64. The highest BCUT2D eigenvalue weighted by molar-refractivity contribution is 5.26. The van der Waals surface area contributed by atoms with Crippen LogP contribution in [-0.4, -0.2) is 5.11 Å². The molecule has 1 rings (SSSR count). The molecule has 0 fully saturated rings. The van der Waals surface area contributed by atoms with E-state index in [0.717, 1.165) is 0 Å². The second-order valence-corrected chi connectivity index (χ2v) is 1.90. The van der Waals surface area contributed by atoms with Crippen molar-refractivity contribution in [3.8, 4) is 0 Å². The quantitative estimate of drug-likeness (QED) is 0.509. The molecule has 48 valence electrons. The average molecular weight is 123 g/mol. The maximum absolute atomic E-state index is 8.89. The van der Waals surface area contributed by atoms with Gasteiger partial charge in [-0.1, -0.05) is 6.08 Å². The van der Waals surface area contributed by atoms with E-state index in [4.69, 9.17) is 10.8 Å². The minimum Gasteiger partial charge on any atom is -0.508 e. The van der Waals surface area contributed by atoms with Crippen molar-refractivity contribution in [2.75, 3.05) is 0 Å². The van der Waals surface area contributed by atoms with Gasteiger partial charge in [0.2, 0.25) is 0 Å². The van der Waals surface area contributed by atoms with Crippen LogP contribution in [0.3, 0.4) is 0 Å². The summed E-state index contributed by atoms with van der Waals surface area (Å²) in [6.45, 7) is 0. The lowest BCUT2D eigenvalue weighted by Crippen LogP contribution is -1.90. The zero-order valence-electron chi connectivity index (χ0n) is 5.04. The number of rotatable bonds is 0. The van der Waals surface area contributed by atoms with E-state index in [9.17, 15) is 0 Å². The largest absolute Gasteiger partial charge is 0.508 e. The van der Waals surface area contributed by atoms with Crippen LogP contribution in [0.4, 0.5) is 0 Å². The average Bonchev–Trinajstić information content (AvgIpc) is 1.97. The molecular weight excluding hydrogens is 114 g/mol. The molecule has 0 amide bonds. The van der Waals surface area contributed by atoms with Gasteiger partial charge >= 0.3 is 0 Å². The SMILES string of the molecule is NC1=CCC=C(O)C=C1. The van der Waals surface area contributed by atoms with Crippen molar-refractivity contribution in [1.29, 1.82) is 0 Å². The molecule has 0 atom stereocenters. The second kappa shape index (κ2) is 2.40. The summed E-state index contributed by atoms with van der Waals surface area (Å²) in [6, 6.07) is 0. The van der Waals surface area contributed by atoms with Gasteiger partial charge in [-0.05, 0) is 24.6 Å². The van der Waals surface area contributed by atoms with Crippen molar-refractivity contribution < 1.29 is 5.11 Å². The molecule has 0 spiro atoms. The van der Waals surface area contributed by atoms with Crippen molar-refractivity contribution in [2.24, 2.45) is 5.73 Å². The van der Waals surface area contributed by atoms with E-state index in [1.165, 1.54) is 0 Å². The van der Waals surface area contributed by atoms with E-state index < -0.39 is 0 Å². The lowest BCUT2D eigenvalue weighted by Gasteiger charge is -1.84. The molecule has 0 aromatic heterocycles. The number of nitrogens with two attached hydrogens (primary N) is 1. The van der Waals surface area contributed by atoms with Gasteiger partial charge in [0.15, 0.2) is 0 Å². The Balaban J connectivity index is 2.75. The molecule has 0 aromatic rings. The van der Waals surface area contributed by atoms with Crippen LogP contribution in [0.5, 0.6) is 0 Å². The van der Waals surface area contributed by atoms with E-state index in [2.05, 4.69) is 0 Å². The first-order chi connectivity index (χ1) is 4.29. The standard InChI is InChI=1S/C7H9NO/c8-6-2-1-3-7(9)5-4-6/h2-5,9H,1,8H2. The van der Waals surface area contributed by atoms with E-state index in [1.807, 2.05) is 6.08 Å². The van der Waals surface area contributed by atoms with Crippen LogP contribution in [0.1, 0.15) is 6.42 Å². The van der Waals surface area contributed by atoms with Gasteiger partial charge in [0, 0.05) is 5.70 Å². The molecule has 0 unspecified atom stereocenters. The van der Waals surface area contributed by atoms with Gasteiger partial charge in [0.25, 0.3) is 0 Å². The maximum atomic E-state index is 8.89. The van der Waals surface area contributed by atoms with Crippen LogP contribution >= 0.6 is 0 Å². The molecular formula is C7H9NO. The zero-order chi connectivity index (χ0) is 6.69. The highest BCUT2D eigenvalue weighted by Crippen LogP contribution is 2.03. The second-order valence-electron chi connectivity index (χ2n) is 1.90. The Morgan fingerprint density at radius 2 is 2.11 bits per heavy atom. The van der Waals surface area contributed by atoms with Crippen molar-refractivity contribution in [2.45, 2.75) is 6.42 Å². The monoisotopic (exact) mass is 123 g/mol. The predicted octanol–water partition coefficient (Wildman–Crippen LogP) is 1.23. The van der Waals surface area contributed by atoms with E-state index >= 15 is 0 Å². The molecule has 9 heavy (non-hydrogen) atoms. The summed E-state index contributed by atoms with van der Waals surface area (Å²) in [5.74, 6) is 0.284. The summed E-state index contributed by atoms with van der Waals surface area (Å²) in [7, 11) is 0. The van der Waals surface area contributed by atoms with Crippen LogP contribution in [0.15, 0.2) is 35.8 Å². The first-order valence-corrected chi connectivity index (χ1v) is 2.82. The Morgan fingerprint density at radius 3 is 2.89 bits per heavy atom. The molecule has 1 aliphatic carbocycles. The molecule has 0 bridgehead atoms. The molecule has 0 saturated heterocycles. The molecule has 0 aromatic carbocycles. The van der Waals surface area contributed by atoms with Gasteiger partial charge in [0.1, 0.15) is 5.76 Å². The summed E-state index contributed by atoms with van der Waals surface area (Å²) in [5.41, 5.74) is 6.13. The van der Waals surface area contributed by atoms with Crippen molar-refractivity contribution >= 4 is 0 Å². The number of hydrogen-bond acceptors (Lipinski definition) is 2. The zero-order valence-corrected chi connectivity index (χ0v) is 5.04.